The molecule has 0 radical (unpaired) electrons. The van der Waals surface area contributed by atoms with Crippen molar-refractivity contribution in [2.45, 2.75) is 36.4 Å². The Morgan fingerprint density at radius 2 is 1.80 bits per heavy atom. The van der Waals surface area contributed by atoms with Crippen molar-refractivity contribution in [3.63, 3.8) is 0 Å². The topological polar surface area (TPSA) is 116 Å². The quantitative estimate of drug-likeness (QED) is 0.501. The second kappa shape index (κ2) is 10.9. The number of alkyl halides is 3. The lowest BCUT2D eigenvalue weighted by atomic mass is 10.1. The minimum absolute atomic E-state index is 0.0434. The average Bonchev–Trinajstić information content (AvgIpc) is 2.78. The molecule has 2 amide bonds. The highest BCUT2D eigenvalue weighted by atomic mass is 35.5. The molecule has 196 valence electrons. The molecule has 2 heterocycles. The van der Waals surface area contributed by atoms with E-state index >= 15 is 0 Å². The van der Waals surface area contributed by atoms with E-state index in [1.807, 2.05) is 0 Å². The molecule has 9 nitrogen and oxygen atoms in total. The van der Waals surface area contributed by atoms with Gasteiger partial charge in [0.2, 0.25) is 21.8 Å². The van der Waals surface area contributed by atoms with Gasteiger partial charge in [0, 0.05) is 45.7 Å². The molecule has 0 spiro atoms. The number of carbonyl (C=O) groups excluding carboxylic acids is 2. The van der Waals surface area contributed by atoms with Gasteiger partial charge in [-0.1, -0.05) is 11.6 Å². The second-order valence-electron chi connectivity index (χ2n) is 8.37. The van der Waals surface area contributed by atoms with E-state index in [2.05, 4.69) is 4.72 Å². The van der Waals surface area contributed by atoms with E-state index in [0.717, 1.165) is 11.0 Å². The van der Waals surface area contributed by atoms with Crippen LogP contribution in [0.1, 0.15) is 19.3 Å². The van der Waals surface area contributed by atoms with Crippen molar-refractivity contribution < 1.29 is 35.6 Å². The molecule has 3 rings (SSSR count). The Hall–Kier alpha value is -2.00. The van der Waals surface area contributed by atoms with E-state index in [0.29, 0.717) is 18.9 Å². The highest BCUT2D eigenvalue weighted by molar-refractivity contribution is 7.89. The maximum absolute atomic E-state index is 14.4. The summed E-state index contributed by atoms with van der Waals surface area (Å²) in [6, 6.07) is 0.196. The average molecular weight is 544 g/mol. The maximum Gasteiger partial charge on any atom is 0.401 e. The molecule has 3 N–H and O–H groups in total. The van der Waals surface area contributed by atoms with E-state index < -0.39 is 52.0 Å². The Morgan fingerprint density at radius 3 is 2.37 bits per heavy atom. The number of amides is 2. The fraction of sp³-hybridized carbons (Fsp3) is 0.600. The summed E-state index contributed by atoms with van der Waals surface area (Å²) in [7, 11) is -4.57. The van der Waals surface area contributed by atoms with E-state index in [-0.39, 0.29) is 55.8 Å². The summed E-state index contributed by atoms with van der Waals surface area (Å²) < 4.78 is 80.4. The van der Waals surface area contributed by atoms with Gasteiger partial charge in [0.25, 0.3) is 0 Å². The fourth-order valence-electron chi connectivity index (χ4n) is 4.05. The number of anilines is 1. The molecular formula is C20H26ClF4N5O4S. The summed E-state index contributed by atoms with van der Waals surface area (Å²) in [5.41, 5.74) is 5.53. The number of nitrogens with one attached hydrogen (secondary N) is 1. The number of halogens is 5. The number of benzene rings is 1. The third-order valence-electron chi connectivity index (χ3n) is 5.81. The lowest BCUT2D eigenvalue weighted by Gasteiger charge is -2.36. The van der Waals surface area contributed by atoms with Crippen LogP contribution in [0.2, 0.25) is 5.02 Å². The highest BCUT2D eigenvalue weighted by Gasteiger charge is 2.36. The number of rotatable bonds is 7. The zero-order chi connectivity index (χ0) is 26.0. The van der Waals surface area contributed by atoms with Crippen LogP contribution in [0, 0.1) is 5.82 Å². The van der Waals surface area contributed by atoms with Gasteiger partial charge in [-0.05, 0) is 25.0 Å². The van der Waals surface area contributed by atoms with Crippen LogP contribution in [0.3, 0.4) is 0 Å². The van der Waals surface area contributed by atoms with Crippen LogP contribution in [-0.2, 0) is 19.6 Å². The van der Waals surface area contributed by atoms with Gasteiger partial charge in [0.15, 0.2) is 0 Å². The lowest BCUT2D eigenvalue weighted by Crippen LogP contribution is -2.57. The van der Waals surface area contributed by atoms with E-state index in [4.69, 9.17) is 17.3 Å². The van der Waals surface area contributed by atoms with Gasteiger partial charge in [0.05, 0.1) is 17.3 Å². The van der Waals surface area contributed by atoms with Crippen molar-refractivity contribution in [2.75, 3.05) is 50.7 Å². The molecule has 15 heteroatoms. The third kappa shape index (κ3) is 6.82. The van der Waals surface area contributed by atoms with Crippen LogP contribution in [0.5, 0.6) is 0 Å². The van der Waals surface area contributed by atoms with Crippen LogP contribution in [0.15, 0.2) is 17.0 Å². The molecule has 0 aromatic heterocycles. The van der Waals surface area contributed by atoms with Crippen molar-refractivity contribution >= 4 is 39.1 Å². The summed E-state index contributed by atoms with van der Waals surface area (Å²) in [5, 5.41) is -0.377. The Morgan fingerprint density at radius 1 is 1.14 bits per heavy atom. The molecule has 1 atom stereocenters. The normalized spacial score (nSPS) is 19.2. The molecule has 2 fully saturated rings. The molecule has 0 aliphatic carbocycles. The maximum atomic E-state index is 14.4. The van der Waals surface area contributed by atoms with Gasteiger partial charge in [0.1, 0.15) is 16.8 Å². The van der Waals surface area contributed by atoms with Gasteiger partial charge in [-0.3, -0.25) is 14.5 Å². The summed E-state index contributed by atoms with van der Waals surface area (Å²) >= 11 is 6.28. The molecule has 0 bridgehead atoms. The Kier molecular flexibility index (Phi) is 8.63. The number of piperidine rings is 1. The number of nitrogens with two attached hydrogens (primary N) is 1. The summed E-state index contributed by atoms with van der Waals surface area (Å²) in [5.74, 6) is -1.99. The zero-order valence-corrected chi connectivity index (χ0v) is 20.2. The largest absolute Gasteiger partial charge is 0.401 e. The first-order chi connectivity index (χ1) is 16.3. The minimum Gasteiger partial charge on any atom is -0.339 e. The molecular weight excluding hydrogens is 518 g/mol. The highest BCUT2D eigenvalue weighted by Crippen LogP contribution is 2.35. The number of hydrogen-bond donors (Lipinski definition) is 2. The molecule has 0 unspecified atom stereocenters. The van der Waals surface area contributed by atoms with Crippen molar-refractivity contribution in [1.29, 1.82) is 0 Å². The molecule has 2 aliphatic heterocycles. The predicted molar refractivity (Wildman–Crippen MR) is 120 cm³/mol. The van der Waals surface area contributed by atoms with Crippen molar-refractivity contribution in [3.05, 3.63) is 23.0 Å². The summed E-state index contributed by atoms with van der Waals surface area (Å²) in [6.07, 6.45) is -2.87. The van der Waals surface area contributed by atoms with Crippen LogP contribution in [-0.4, -0.2) is 88.1 Å². The summed E-state index contributed by atoms with van der Waals surface area (Å²) in [4.78, 5) is 28.0. The molecule has 1 aromatic rings. The SMILES string of the molecule is NC[C@H](NS(=O)(=O)c1cc(F)cc(N2CCCCC2=O)c1Cl)C(=O)N1CCN(CC(F)(F)F)CC1. The number of carbonyl (C=O) groups is 2. The van der Waals surface area contributed by atoms with E-state index in [1.165, 1.54) is 9.80 Å². The molecule has 35 heavy (non-hydrogen) atoms. The first-order valence-electron chi connectivity index (χ1n) is 10.9. The van der Waals surface area contributed by atoms with Gasteiger partial charge < -0.3 is 15.5 Å². The van der Waals surface area contributed by atoms with Gasteiger partial charge in [-0.2, -0.15) is 17.9 Å². The fourth-order valence-corrected chi connectivity index (χ4v) is 5.88. The predicted octanol–water partition coefficient (Wildman–Crippen LogP) is 1.31. The molecule has 2 saturated heterocycles. The van der Waals surface area contributed by atoms with E-state index in [1.54, 1.807) is 0 Å². The van der Waals surface area contributed by atoms with Gasteiger partial charge in [-0.15, -0.1) is 0 Å². The first-order valence-corrected chi connectivity index (χ1v) is 12.8. The number of sulfonamides is 1. The van der Waals surface area contributed by atoms with E-state index in [9.17, 15) is 35.6 Å². The third-order valence-corrected chi connectivity index (χ3v) is 7.81. The van der Waals surface area contributed by atoms with Crippen molar-refractivity contribution in [3.8, 4) is 0 Å². The monoisotopic (exact) mass is 543 g/mol. The second-order valence-corrected chi connectivity index (χ2v) is 10.4. The number of piperazine rings is 1. The van der Waals surface area contributed by atoms with Crippen molar-refractivity contribution in [2.24, 2.45) is 5.73 Å². The molecule has 2 aliphatic rings. The Bertz CT molecular complexity index is 1060. The summed E-state index contributed by atoms with van der Waals surface area (Å²) in [6.45, 7) is -1.49. The molecule has 0 saturated carbocycles. The van der Waals surface area contributed by atoms with Crippen LogP contribution >= 0.6 is 11.6 Å². The van der Waals surface area contributed by atoms with Crippen LogP contribution in [0.4, 0.5) is 23.2 Å². The first kappa shape index (κ1) is 27.6. The Labute approximate surface area is 205 Å². The van der Waals surface area contributed by atoms with Gasteiger partial charge >= 0.3 is 6.18 Å². The Balaban J connectivity index is 1.76. The number of hydrogen-bond acceptors (Lipinski definition) is 6. The zero-order valence-electron chi connectivity index (χ0n) is 18.7. The lowest BCUT2D eigenvalue weighted by molar-refractivity contribution is -0.152. The number of nitrogens with zero attached hydrogens (tertiary/aromatic N) is 3. The minimum atomic E-state index is -4.57. The van der Waals surface area contributed by atoms with Crippen LogP contribution in [0.25, 0.3) is 0 Å². The smallest absolute Gasteiger partial charge is 0.339 e. The van der Waals surface area contributed by atoms with Gasteiger partial charge in [-0.25, -0.2) is 12.8 Å². The standard InChI is InChI=1S/C20H26ClF4N5O4S/c21-18-15(30-4-2-1-3-17(30)31)9-13(22)10-16(18)35(33,34)27-14(11-26)19(32)29-7-5-28(6-8-29)12-20(23,24)25/h9-10,14,27H,1-8,11-12,26H2/t14-/m0/s1. The van der Waals surface area contributed by atoms with Crippen molar-refractivity contribution in [1.82, 2.24) is 14.5 Å². The molecule has 1 aromatic carbocycles. The van der Waals surface area contributed by atoms with Crippen LogP contribution < -0.4 is 15.4 Å².